The zero-order chi connectivity index (χ0) is 23.5. The van der Waals surface area contributed by atoms with Crippen molar-refractivity contribution >= 4 is 17.7 Å². The minimum absolute atomic E-state index is 0.298. The average molecular weight is 444 g/mol. The second-order valence-corrected chi connectivity index (χ2v) is 7.06. The number of carbonyl (C=O) groups is 3. The average Bonchev–Trinajstić information content (AvgIpc) is 2.83. The predicted octanol–water partition coefficient (Wildman–Crippen LogP) is 1.85. The van der Waals surface area contributed by atoms with Crippen LogP contribution in [0.1, 0.15) is 23.2 Å². The molecule has 3 N–H and O–H groups in total. The van der Waals surface area contributed by atoms with Gasteiger partial charge in [0.2, 0.25) is 0 Å². The van der Waals surface area contributed by atoms with Gasteiger partial charge in [-0.25, -0.2) is 5.48 Å². The summed E-state index contributed by atoms with van der Waals surface area (Å²) in [6.07, 6.45) is 1.86. The van der Waals surface area contributed by atoms with E-state index in [-0.39, 0.29) is 0 Å². The summed E-state index contributed by atoms with van der Waals surface area (Å²) < 4.78 is 10.7. The van der Waals surface area contributed by atoms with Crippen molar-refractivity contribution in [1.29, 1.82) is 0 Å². The van der Waals surface area contributed by atoms with Crippen LogP contribution in [0.2, 0.25) is 0 Å². The van der Waals surface area contributed by atoms with Crippen LogP contribution in [0.5, 0.6) is 5.75 Å². The topological polar surface area (TPSA) is 117 Å². The number of ether oxygens (including phenoxy) is 2. The molecule has 0 aliphatic rings. The number of hydrogen-bond donors (Lipinski definition) is 3. The number of benzene rings is 2. The van der Waals surface area contributed by atoms with Gasteiger partial charge < -0.3 is 19.7 Å². The first-order chi connectivity index (χ1) is 15.4. The van der Waals surface area contributed by atoms with Gasteiger partial charge in [0.25, 0.3) is 17.7 Å². The van der Waals surface area contributed by atoms with E-state index in [2.05, 4.69) is 5.32 Å². The lowest BCUT2D eigenvalue weighted by molar-refractivity contribution is -0.140. The quantitative estimate of drug-likeness (QED) is 0.211. The smallest absolute Gasteiger partial charge is 0.275 e. The van der Waals surface area contributed by atoms with Gasteiger partial charge >= 0.3 is 0 Å². The Morgan fingerprint density at radius 1 is 0.938 bits per heavy atom. The second-order valence-electron chi connectivity index (χ2n) is 7.06. The van der Waals surface area contributed by atoms with E-state index in [1.165, 1.54) is 19.6 Å². The van der Waals surface area contributed by atoms with Gasteiger partial charge in [-0.2, -0.15) is 0 Å². The van der Waals surface area contributed by atoms with E-state index in [9.17, 15) is 14.4 Å². The third kappa shape index (κ3) is 6.53. The summed E-state index contributed by atoms with van der Waals surface area (Å²) in [5, 5.41) is 11.2. The number of rotatable bonds is 11. The van der Waals surface area contributed by atoms with Gasteiger partial charge in [0, 0.05) is 33.4 Å². The Labute approximate surface area is 187 Å². The molecule has 0 aliphatic heterocycles. The number of methoxy groups -OCH3 is 1. The largest absolute Gasteiger partial charge is 0.494 e. The molecule has 1 unspecified atom stereocenters. The number of unbranched alkanes of at least 4 members (excludes halogenated alkanes) is 1. The zero-order valence-corrected chi connectivity index (χ0v) is 18.5. The molecule has 0 fully saturated rings. The van der Waals surface area contributed by atoms with Gasteiger partial charge in [-0.3, -0.25) is 19.6 Å². The molecule has 0 radical (unpaired) electrons. The van der Waals surface area contributed by atoms with Crippen molar-refractivity contribution in [2.24, 2.45) is 0 Å². The van der Waals surface area contributed by atoms with E-state index < -0.39 is 23.8 Å². The van der Waals surface area contributed by atoms with Crippen molar-refractivity contribution in [1.82, 2.24) is 15.7 Å². The predicted molar refractivity (Wildman–Crippen MR) is 118 cm³/mol. The molecule has 2 aromatic rings. The molecule has 2 aromatic carbocycles. The molecule has 0 aromatic heterocycles. The van der Waals surface area contributed by atoms with Crippen molar-refractivity contribution in [3.8, 4) is 16.9 Å². The van der Waals surface area contributed by atoms with Crippen LogP contribution in [-0.2, 0) is 14.3 Å². The van der Waals surface area contributed by atoms with E-state index in [1.807, 2.05) is 24.3 Å². The minimum Gasteiger partial charge on any atom is -0.494 e. The van der Waals surface area contributed by atoms with E-state index in [1.54, 1.807) is 31.4 Å². The lowest BCUT2D eigenvalue weighted by atomic mass is 10.0. The summed E-state index contributed by atoms with van der Waals surface area (Å²) in [5.74, 6) is -1.48. The first-order valence-corrected chi connectivity index (χ1v) is 10.2. The van der Waals surface area contributed by atoms with Gasteiger partial charge in [0.15, 0.2) is 6.04 Å². The molecule has 0 saturated heterocycles. The number of likely N-dealkylation sites (N-methyl/N-ethyl adjacent to an activating group) is 2. The van der Waals surface area contributed by atoms with Crippen molar-refractivity contribution in [2.45, 2.75) is 18.9 Å². The maximum absolute atomic E-state index is 12.7. The molecule has 172 valence electrons. The molecule has 0 aliphatic carbocycles. The highest BCUT2D eigenvalue weighted by Crippen LogP contribution is 2.23. The van der Waals surface area contributed by atoms with E-state index >= 15 is 0 Å². The fourth-order valence-electron chi connectivity index (χ4n) is 3.08. The van der Waals surface area contributed by atoms with E-state index in [4.69, 9.17) is 14.7 Å². The zero-order valence-electron chi connectivity index (χ0n) is 18.5. The number of amides is 3. The van der Waals surface area contributed by atoms with Gasteiger partial charge in [-0.1, -0.05) is 24.3 Å². The highest BCUT2D eigenvalue weighted by molar-refractivity contribution is 6.08. The first kappa shape index (κ1) is 24.8. The summed E-state index contributed by atoms with van der Waals surface area (Å²) in [6.45, 7) is 1.34. The van der Waals surface area contributed by atoms with Crippen LogP contribution in [0.3, 0.4) is 0 Å². The molecule has 32 heavy (non-hydrogen) atoms. The van der Waals surface area contributed by atoms with Crippen molar-refractivity contribution < 1.29 is 29.1 Å². The Kier molecular flexibility index (Phi) is 9.65. The van der Waals surface area contributed by atoms with Crippen LogP contribution < -0.4 is 15.5 Å². The van der Waals surface area contributed by atoms with Crippen LogP contribution in [0.4, 0.5) is 0 Å². The lowest BCUT2D eigenvalue weighted by Gasteiger charge is -2.25. The molecule has 2 rings (SSSR count). The first-order valence-electron chi connectivity index (χ1n) is 10.2. The lowest BCUT2D eigenvalue weighted by Crippen LogP contribution is -2.54. The molecule has 9 nitrogen and oxygen atoms in total. The third-order valence-electron chi connectivity index (χ3n) is 4.89. The van der Waals surface area contributed by atoms with Crippen molar-refractivity contribution in [3.63, 3.8) is 0 Å². The molecular weight excluding hydrogens is 414 g/mol. The van der Waals surface area contributed by atoms with Gasteiger partial charge in [0.1, 0.15) is 5.75 Å². The highest BCUT2D eigenvalue weighted by atomic mass is 16.5. The van der Waals surface area contributed by atoms with Crippen LogP contribution in [0.15, 0.2) is 48.5 Å². The standard InChI is InChI=1S/C23H29N3O6/c1-24-21(27)20(22(28)25-30)26(2)23(29)18-8-6-16(7-9-18)17-10-12-19(13-11-17)32-15-5-4-14-31-3/h6-13,20,30H,4-5,14-15H2,1-3H3,(H,24,27)(H,25,28). The van der Waals surface area contributed by atoms with Gasteiger partial charge in [0.05, 0.1) is 6.61 Å². The van der Waals surface area contributed by atoms with E-state index in [0.29, 0.717) is 12.2 Å². The normalized spacial score (nSPS) is 11.4. The van der Waals surface area contributed by atoms with Gasteiger partial charge in [-0.05, 0) is 48.2 Å². The highest BCUT2D eigenvalue weighted by Gasteiger charge is 2.33. The number of hydrogen-bond acceptors (Lipinski definition) is 6. The fraction of sp³-hybridized carbons (Fsp3) is 0.348. The fourth-order valence-corrected chi connectivity index (χ4v) is 3.08. The number of nitrogens with one attached hydrogen (secondary N) is 2. The molecular formula is C23H29N3O6. The van der Waals surface area contributed by atoms with Crippen molar-refractivity contribution in [3.05, 3.63) is 54.1 Å². The monoisotopic (exact) mass is 443 g/mol. The van der Waals surface area contributed by atoms with Gasteiger partial charge in [-0.15, -0.1) is 0 Å². The Morgan fingerprint density at radius 2 is 1.50 bits per heavy atom. The minimum atomic E-state index is -1.50. The Balaban J connectivity index is 2.05. The number of carbonyl (C=O) groups excluding carboxylic acids is 3. The van der Waals surface area contributed by atoms with E-state index in [0.717, 1.165) is 41.2 Å². The maximum Gasteiger partial charge on any atom is 0.275 e. The Hall–Kier alpha value is -3.43. The SMILES string of the molecule is CNC(=O)C(C(=O)NO)N(C)C(=O)c1ccc(-c2ccc(OCCCCOC)cc2)cc1. The molecule has 1 atom stereocenters. The summed E-state index contributed by atoms with van der Waals surface area (Å²) in [4.78, 5) is 37.5. The van der Waals surface area contributed by atoms with Crippen molar-refractivity contribution in [2.75, 3.05) is 34.4 Å². The van der Waals surface area contributed by atoms with Crippen LogP contribution in [0.25, 0.3) is 11.1 Å². The van der Waals surface area contributed by atoms with Crippen LogP contribution in [-0.4, -0.2) is 68.3 Å². The number of hydroxylamine groups is 1. The molecule has 9 heteroatoms. The number of nitrogens with zero attached hydrogens (tertiary/aromatic N) is 1. The summed E-state index contributed by atoms with van der Waals surface area (Å²) >= 11 is 0. The molecule has 0 saturated carbocycles. The Morgan fingerprint density at radius 3 is 2.03 bits per heavy atom. The van der Waals surface area contributed by atoms with Crippen LogP contribution in [0, 0.1) is 0 Å². The molecule has 3 amide bonds. The summed E-state index contributed by atoms with van der Waals surface area (Å²) in [7, 11) is 4.34. The van der Waals surface area contributed by atoms with Crippen LogP contribution >= 0.6 is 0 Å². The molecule has 0 spiro atoms. The third-order valence-corrected chi connectivity index (χ3v) is 4.89. The molecule has 0 heterocycles. The maximum atomic E-state index is 12.7. The molecule has 0 bridgehead atoms. The second kappa shape index (κ2) is 12.4. The Bertz CT molecular complexity index is 883. The summed E-state index contributed by atoms with van der Waals surface area (Å²) in [6, 6.07) is 12.9. The summed E-state index contributed by atoms with van der Waals surface area (Å²) in [5.41, 5.74) is 3.56.